The Morgan fingerprint density at radius 1 is 0.762 bits per heavy atom. The molecule has 0 amide bonds. The van der Waals surface area contributed by atoms with Crippen molar-refractivity contribution in [2.45, 2.75) is 6.04 Å². The van der Waals surface area contributed by atoms with Crippen molar-refractivity contribution >= 4 is 0 Å². The van der Waals surface area contributed by atoms with Crippen molar-refractivity contribution in [3.63, 3.8) is 0 Å². The van der Waals surface area contributed by atoms with Gasteiger partial charge < -0.3 is 0 Å². The lowest BCUT2D eigenvalue weighted by atomic mass is 9.96. The molecular weight excluding hydrogens is 270 g/mol. The van der Waals surface area contributed by atoms with Gasteiger partial charge in [-0.25, -0.2) is 4.39 Å². The van der Waals surface area contributed by atoms with Gasteiger partial charge in [-0.15, -0.1) is 9.60 Å². The number of hydrogen-bond acceptors (Lipinski definition) is 2. The zero-order valence-electron chi connectivity index (χ0n) is 11.8. The first-order valence-electron chi connectivity index (χ1n) is 7.19. The Balaban J connectivity index is 1.93. The maximum Gasteiger partial charge on any atom is 0.123 e. The van der Waals surface area contributed by atoms with Crippen molar-refractivity contribution in [2.75, 3.05) is 26.2 Å². The van der Waals surface area contributed by atoms with Gasteiger partial charge in [-0.2, -0.15) is 0 Å². The summed E-state index contributed by atoms with van der Waals surface area (Å²) in [6, 6.07) is 16.7. The molecule has 0 aliphatic carbocycles. The second-order valence-corrected chi connectivity index (χ2v) is 5.31. The van der Waals surface area contributed by atoms with E-state index in [-0.39, 0.29) is 11.9 Å². The van der Waals surface area contributed by atoms with Gasteiger partial charge in [-0.05, 0) is 23.3 Å². The Morgan fingerprint density at radius 3 is 1.95 bits per heavy atom. The van der Waals surface area contributed by atoms with Crippen molar-refractivity contribution in [1.82, 2.24) is 10.0 Å². The summed E-state index contributed by atoms with van der Waals surface area (Å²) in [7, 11) is 0. The minimum atomic E-state index is -0.237. The van der Waals surface area contributed by atoms with E-state index >= 15 is 0 Å². The number of rotatable bonds is 3. The van der Waals surface area contributed by atoms with Crippen LogP contribution in [0.5, 0.6) is 0 Å². The van der Waals surface area contributed by atoms with E-state index in [4.69, 9.17) is 0 Å². The van der Waals surface area contributed by atoms with E-state index in [2.05, 4.69) is 17.0 Å². The van der Waals surface area contributed by atoms with Gasteiger partial charge in [0.25, 0.3) is 0 Å². The van der Waals surface area contributed by atoms with Gasteiger partial charge in [0.1, 0.15) is 5.82 Å². The van der Waals surface area contributed by atoms with E-state index in [0.717, 1.165) is 16.2 Å². The molecule has 4 heteroatoms. The number of nitrogens with zero attached hydrogens (tertiary/aromatic N) is 2. The van der Waals surface area contributed by atoms with Crippen LogP contribution in [0.1, 0.15) is 17.2 Å². The molecule has 1 unspecified atom stereocenters. The Labute approximate surface area is 123 Å². The molecule has 1 atom stereocenters. The average Bonchev–Trinajstić information content (AvgIpc) is 2.52. The summed E-state index contributed by atoms with van der Waals surface area (Å²) >= 11 is 0. The van der Waals surface area contributed by atoms with Gasteiger partial charge in [0, 0.05) is 26.2 Å². The molecule has 1 saturated heterocycles. The Hall–Kier alpha value is -1.78. The van der Waals surface area contributed by atoms with Crippen LogP contribution < -0.4 is 0 Å². The first-order chi connectivity index (χ1) is 10.2. The van der Waals surface area contributed by atoms with Crippen LogP contribution in [0, 0.1) is 5.82 Å². The third-order valence-corrected chi connectivity index (χ3v) is 3.93. The summed E-state index contributed by atoms with van der Waals surface area (Å²) < 4.78 is 26.4. The Bertz CT molecular complexity index is 563. The molecule has 1 aliphatic rings. The highest BCUT2D eigenvalue weighted by atomic mass is 19.2. The predicted octanol–water partition coefficient (Wildman–Crippen LogP) is 3.42. The summed E-state index contributed by atoms with van der Waals surface area (Å²) in [5.74, 6) is -0.237. The van der Waals surface area contributed by atoms with E-state index in [1.54, 1.807) is 0 Å². The Kier molecular flexibility index (Phi) is 4.27. The van der Waals surface area contributed by atoms with E-state index in [1.165, 1.54) is 12.1 Å². The van der Waals surface area contributed by atoms with E-state index < -0.39 is 0 Å². The fraction of sp³-hybridized carbons (Fsp3) is 0.294. The van der Waals surface area contributed by atoms with Gasteiger partial charge in [0.2, 0.25) is 0 Å². The van der Waals surface area contributed by atoms with E-state index in [1.807, 2.05) is 30.3 Å². The molecule has 1 heterocycles. The summed E-state index contributed by atoms with van der Waals surface area (Å²) in [5, 5.41) is 0.850. The third-order valence-electron chi connectivity index (χ3n) is 3.93. The molecule has 0 spiro atoms. The summed E-state index contributed by atoms with van der Waals surface area (Å²) in [4.78, 5) is 2.25. The second-order valence-electron chi connectivity index (χ2n) is 5.31. The second kappa shape index (κ2) is 6.33. The fourth-order valence-corrected chi connectivity index (χ4v) is 2.85. The first-order valence-corrected chi connectivity index (χ1v) is 7.19. The highest BCUT2D eigenvalue weighted by molar-refractivity contribution is 5.32. The van der Waals surface area contributed by atoms with E-state index in [9.17, 15) is 8.87 Å². The molecule has 2 aromatic rings. The quantitative estimate of drug-likeness (QED) is 0.799. The monoisotopic (exact) mass is 288 g/mol. The Morgan fingerprint density at radius 2 is 1.33 bits per heavy atom. The summed E-state index contributed by atoms with van der Waals surface area (Å²) in [6.07, 6.45) is 0. The maximum absolute atomic E-state index is 13.2. The van der Waals surface area contributed by atoms with Crippen LogP contribution in [0.15, 0.2) is 54.6 Å². The standard InChI is InChI=1S/C17H18F2N2/c18-16-8-6-15(7-9-16)17(14-4-2-1-3-5-14)20-10-12-21(19)13-11-20/h1-9,17H,10-13H2. The van der Waals surface area contributed by atoms with Crippen LogP contribution in [-0.2, 0) is 0 Å². The molecule has 0 saturated carbocycles. The topological polar surface area (TPSA) is 6.48 Å². The van der Waals surface area contributed by atoms with Crippen molar-refractivity contribution in [3.05, 3.63) is 71.5 Å². The highest BCUT2D eigenvalue weighted by Crippen LogP contribution is 2.29. The number of hydrogen-bond donors (Lipinski definition) is 0. The molecule has 2 aromatic carbocycles. The largest absolute Gasteiger partial charge is 0.290 e. The minimum absolute atomic E-state index is 0.0421. The predicted molar refractivity (Wildman–Crippen MR) is 78.9 cm³/mol. The highest BCUT2D eigenvalue weighted by Gasteiger charge is 2.26. The molecule has 0 N–H and O–H groups in total. The van der Waals surface area contributed by atoms with Gasteiger partial charge in [-0.3, -0.25) is 4.90 Å². The fourth-order valence-electron chi connectivity index (χ4n) is 2.85. The molecule has 0 aromatic heterocycles. The molecule has 0 bridgehead atoms. The van der Waals surface area contributed by atoms with Crippen molar-refractivity contribution in [2.24, 2.45) is 0 Å². The molecule has 2 nitrogen and oxygen atoms in total. The van der Waals surface area contributed by atoms with Crippen LogP contribution in [0.25, 0.3) is 0 Å². The average molecular weight is 288 g/mol. The van der Waals surface area contributed by atoms with Gasteiger partial charge >= 0.3 is 0 Å². The van der Waals surface area contributed by atoms with Gasteiger partial charge in [0.15, 0.2) is 0 Å². The summed E-state index contributed by atoms with van der Waals surface area (Å²) in [6.45, 7) is 2.13. The lowest BCUT2D eigenvalue weighted by Gasteiger charge is -2.36. The zero-order chi connectivity index (χ0) is 14.7. The lowest BCUT2D eigenvalue weighted by Crippen LogP contribution is -2.44. The molecule has 21 heavy (non-hydrogen) atoms. The van der Waals surface area contributed by atoms with Crippen molar-refractivity contribution in [1.29, 1.82) is 0 Å². The minimum Gasteiger partial charge on any atom is -0.290 e. The van der Waals surface area contributed by atoms with Gasteiger partial charge in [0.05, 0.1) is 6.04 Å². The third kappa shape index (κ3) is 3.28. The van der Waals surface area contributed by atoms with E-state index in [0.29, 0.717) is 26.2 Å². The van der Waals surface area contributed by atoms with Crippen molar-refractivity contribution < 1.29 is 8.87 Å². The molecule has 110 valence electrons. The van der Waals surface area contributed by atoms with Crippen LogP contribution in [0.3, 0.4) is 0 Å². The van der Waals surface area contributed by atoms with Crippen LogP contribution in [0.4, 0.5) is 8.87 Å². The van der Waals surface area contributed by atoms with Crippen LogP contribution >= 0.6 is 0 Å². The SMILES string of the molecule is Fc1ccc(C(c2ccccc2)N2CCN(F)CC2)cc1. The molecule has 1 aliphatic heterocycles. The number of piperazine rings is 1. The summed E-state index contributed by atoms with van der Waals surface area (Å²) in [5.41, 5.74) is 2.19. The van der Waals surface area contributed by atoms with Crippen molar-refractivity contribution in [3.8, 4) is 0 Å². The van der Waals surface area contributed by atoms with Gasteiger partial charge in [-0.1, -0.05) is 42.5 Å². The number of benzene rings is 2. The molecular formula is C17H18F2N2. The lowest BCUT2D eigenvalue weighted by molar-refractivity contribution is -0.0286. The normalized spacial score (nSPS) is 18.6. The molecule has 0 radical (unpaired) electrons. The smallest absolute Gasteiger partial charge is 0.123 e. The molecule has 1 fully saturated rings. The number of halogens is 2. The van der Waals surface area contributed by atoms with Crippen LogP contribution in [0.2, 0.25) is 0 Å². The zero-order valence-corrected chi connectivity index (χ0v) is 11.8. The molecule has 3 rings (SSSR count). The first kappa shape index (κ1) is 14.2. The van der Waals surface area contributed by atoms with Crippen LogP contribution in [-0.4, -0.2) is 36.2 Å². The maximum atomic E-state index is 13.2.